The highest BCUT2D eigenvalue weighted by atomic mass is 16.5. The Morgan fingerprint density at radius 3 is 1.54 bits per heavy atom. The van der Waals surface area contributed by atoms with Gasteiger partial charge >= 0.3 is 5.97 Å². The van der Waals surface area contributed by atoms with Crippen LogP contribution >= 0.6 is 0 Å². The van der Waals surface area contributed by atoms with Gasteiger partial charge in [-0.3, -0.25) is 15.0 Å². The Kier molecular flexibility index (Phi) is 38.9. The molecule has 0 unspecified atom stereocenters. The number of nitrogens with two attached hydrogens (primary N) is 1. The minimum atomic E-state index is -0.245. The quantitative estimate of drug-likeness (QED) is 0.132. The fraction of sp³-hybridized carbons (Fsp3) is 0.600. The van der Waals surface area contributed by atoms with Crippen molar-refractivity contribution in [1.29, 1.82) is 11.1 Å². The van der Waals surface area contributed by atoms with Crippen LogP contribution in [0.15, 0.2) is 0 Å². The number of carbonyl (C=O) groups excluding carboxylic acids is 2. The van der Waals surface area contributed by atoms with E-state index in [1.54, 1.807) is 0 Å². The highest BCUT2D eigenvalue weighted by molar-refractivity contribution is 5.71. The highest BCUT2D eigenvalue weighted by Gasteiger charge is 1.75. The van der Waals surface area contributed by atoms with E-state index >= 15 is 0 Å². The van der Waals surface area contributed by atoms with Gasteiger partial charge in [0.2, 0.25) is 5.91 Å². The molecular weight excluding hydrogens is 180 g/mol. The molecule has 0 bridgehead atoms. The van der Waals surface area contributed by atoms with Crippen LogP contribution in [0.25, 0.3) is 0 Å². The first kappa shape index (κ1) is 22.5. The normalized spacial score (nSPS) is 5.54. The lowest BCUT2D eigenvalue weighted by Gasteiger charge is -1.80. The van der Waals surface area contributed by atoms with Crippen molar-refractivity contribution in [3.8, 4) is 0 Å². The van der Waals surface area contributed by atoms with Crippen LogP contribution in [0.4, 0.5) is 0 Å². The van der Waals surface area contributed by atoms with Gasteiger partial charge in [0.05, 0.1) is 7.11 Å². The third-order valence-electron chi connectivity index (χ3n) is 0.491. The Morgan fingerprint density at radius 1 is 1.38 bits per heavy atom. The molecule has 0 saturated heterocycles. The number of rotatable bonds is 0. The Bertz CT molecular complexity index is 121. The molecule has 0 atom stereocenters. The summed E-state index contributed by atoms with van der Waals surface area (Å²) < 4.78 is 4.11. The first-order valence-electron chi connectivity index (χ1n) is 2.81. The van der Waals surface area contributed by atoms with Gasteiger partial charge in [-0.1, -0.05) is 0 Å². The SMILES string of the molecule is CC(=O)NN.COC(C)=O.N=N.O.[HH]. The van der Waals surface area contributed by atoms with E-state index in [1.807, 2.05) is 5.43 Å². The van der Waals surface area contributed by atoms with Crippen LogP contribution in [0.2, 0.25) is 0 Å². The van der Waals surface area contributed by atoms with Gasteiger partial charge in [0, 0.05) is 15.3 Å². The molecule has 0 aromatic heterocycles. The van der Waals surface area contributed by atoms with Crippen molar-refractivity contribution in [1.82, 2.24) is 5.43 Å². The fourth-order valence-electron chi connectivity index (χ4n) is 0. The molecular formula is C5H18N4O4. The van der Waals surface area contributed by atoms with E-state index in [9.17, 15) is 9.59 Å². The molecule has 0 aliphatic rings. The highest BCUT2D eigenvalue weighted by Crippen LogP contribution is 1.60. The van der Waals surface area contributed by atoms with E-state index < -0.39 is 0 Å². The summed E-state index contributed by atoms with van der Waals surface area (Å²) in [6.07, 6.45) is 0. The van der Waals surface area contributed by atoms with Crippen molar-refractivity contribution >= 4 is 11.9 Å². The summed E-state index contributed by atoms with van der Waals surface area (Å²) in [6.45, 7) is 2.71. The predicted octanol–water partition coefficient (Wildman–Crippen LogP) is -0.807. The number of nitrogens with one attached hydrogen (secondary N) is 3. The largest absolute Gasteiger partial charge is 0.469 e. The maximum absolute atomic E-state index is 9.59. The lowest BCUT2D eigenvalue weighted by atomic mass is 10.8. The molecule has 8 nitrogen and oxygen atoms in total. The molecule has 0 aliphatic heterocycles. The number of hydrazine groups is 1. The van der Waals surface area contributed by atoms with E-state index in [4.69, 9.17) is 11.1 Å². The van der Waals surface area contributed by atoms with Crippen molar-refractivity contribution < 1.29 is 21.2 Å². The van der Waals surface area contributed by atoms with Crippen molar-refractivity contribution in [3.05, 3.63) is 0 Å². The summed E-state index contributed by atoms with van der Waals surface area (Å²) in [6, 6.07) is 0. The summed E-state index contributed by atoms with van der Waals surface area (Å²) in [5.41, 5.74) is 11.9. The molecule has 1 amide bonds. The van der Waals surface area contributed by atoms with Gasteiger partial charge in [0.1, 0.15) is 0 Å². The van der Waals surface area contributed by atoms with Gasteiger partial charge < -0.3 is 10.2 Å². The van der Waals surface area contributed by atoms with Crippen molar-refractivity contribution in [2.45, 2.75) is 13.8 Å². The van der Waals surface area contributed by atoms with Crippen LogP contribution < -0.4 is 11.3 Å². The van der Waals surface area contributed by atoms with Gasteiger partial charge in [-0.15, -0.1) is 0 Å². The number of ether oxygens (including phenoxy) is 1. The minimum Gasteiger partial charge on any atom is -0.469 e. The minimum absolute atomic E-state index is 0. The Hall–Kier alpha value is -1.54. The van der Waals surface area contributed by atoms with E-state index in [-0.39, 0.29) is 18.8 Å². The molecule has 8 heteroatoms. The molecule has 0 aromatic rings. The molecule has 0 heterocycles. The van der Waals surface area contributed by atoms with Gasteiger partial charge in [0.15, 0.2) is 0 Å². The third-order valence-corrected chi connectivity index (χ3v) is 0.491. The van der Waals surface area contributed by atoms with E-state index in [0.29, 0.717) is 0 Å². The van der Waals surface area contributed by atoms with E-state index in [0.717, 1.165) is 0 Å². The zero-order chi connectivity index (χ0) is 10.6. The van der Waals surface area contributed by atoms with Crippen molar-refractivity contribution in [2.75, 3.05) is 7.11 Å². The monoisotopic (exact) mass is 198 g/mol. The number of hydrogen-bond acceptors (Lipinski definition) is 6. The zero-order valence-electron chi connectivity index (χ0n) is 7.80. The molecule has 7 N–H and O–H groups in total. The smallest absolute Gasteiger partial charge is 0.302 e. The number of carbonyl (C=O) groups is 2. The van der Waals surface area contributed by atoms with Crippen LogP contribution in [0, 0.1) is 11.1 Å². The summed E-state index contributed by atoms with van der Waals surface area (Å²) in [7, 11) is 1.35. The van der Waals surface area contributed by atoms with Crippen molar-refractivity contribution in [3.63, 3.8) is 0 Å². The van der Waals surface area contributed by atoms with Crippen molar-refractivity contribution in [2.24, 2.45) is 5.84 Å². The van der Waals surface area contributed by atoms with Crippen LogP contribution in [-0.2, 0) is 14.3 Å². The van der Waals surface area contributed by atoms with Crippen LogP contribution in [0.5, 0.6) is 0 Å². The first-order valence-corrected chi connectivity index (χ1v) is 2.81. The van der Waals surface area contributed by atoms with Crippen LogP contribution in [0.1, 0.15) is 15.3 Å². The van der Waals surface area contributed by atoms with E-state index in [1.165, 1.54) is 21.0 Å². The van der Waals surface area contributed by atoms with Crippen LogP contribution in [-0.4, -0.2) is 24.5 Å². The molecule has 0 saturated carbocycles. The lowest BCUT2D eigenvalue weighted by molar-refractivity contribution is -0.137. The molecule has 0 spiro atoms. The standard InChI is InChI=1S/C3H6O2.C2H6N2O.H2N2.H2O.H2/c1-3(4)5-2;1-2(5)4-3;1-2;;/h1-2H3;3H2,1H3,(H,4,5);1-2H;1H2;1H. The molecule has 0 rings (SSSR count). The Labute approximate surface area is 77.5 Å². The second-order valence-corrected chi connectivity index (χ2v) is 1.40. The summed E-state index contributed by atoms with van der Waals surface area (Å²) in [4.78, 5) is 19.2. The summed E-state index contributed by atoms with van der Waals surface area (Å²) in [5, 5.41) is 0. The predicted molar refractivity (Wildman–Crippen MR) is 46.9 cm³/mol. The average Bonchev–Trinajstić information content (AvgIpc) is 2.09. The average molecular weight is 198 g/mol. The second kappa shape index (κ2) is 22.4. The zero-order valence-corrected chi connectivity index (χ0v) is 7.80. The molecule has 0 aromatic carbocycles. The Balaban J connectivity index is -0.0000000292. The maximum atomic E-state index is 9.59. The van der Waals surface area contributed by atoms with Crippen LogP contribution in [0.3, 0.4) is 0 Å². The maximum Gasteiger partial charge on any atom is 0.302 e. The summed E-state index contributed by atoms with van der Waals surface area (Å²) >= 11 is 0. The lowest BCUT2D eigenvalue weighted by Crippen LogP contribution is -2.26. The molecule has 0 fully saturated rings. The topological polar surface area (TPSA) is 161 Å². The first-order chi connectivity index (χ1) is 5.54. The molecule has 82 valence electrons. The van der Waals surface area contributed by atoms with Gasteiger partial charge in [-0.2, -0.15) is 0 Å². The van der Waals surface area contributed by atoms with E-state index in [2.05, 4.69) is 10.6 Å². The molecule has 0 radical (unpaired) electrons. The number of esters is 1. The fourth-order valence-corrected chi connectivity index (χ4v) is 0. The summed E-state index contributed by atoms with van der Waals surface area (Å²) in [5.74, 6) is 4.11. The van der Waals surface area contributed by atoms with Gasteiger partial charge in [-0.05, 0) is 0 Å². The Morgan fingerprint density at radius 2 is 1.54 bits per heavy atom. The number of hydrogen-bond donors (Lipinski definition) is 4. The second-order valence-electron chi connectivity index (χ2n) is 1.40. The van der Waals surface area contributed by atoms with Gasteiger partial charge in [-0.25, -0.2) is 16.9 Å². The molecule has 13 heavy (non-hydrogen) atoms. The van der Waals surface area contributed by atoms with Gasteiger partial charge in [0.25, 0.3) is 0 Å². The number of methoxy groups -OCH3 is 1. The third kappa shape index (κ3) is 124. The molecule has 0 aliphatic carbocycles. The number of amides is 1.